The molecule has 0 bridgehead atoms. The molecule has 1 saturated heterocycles. The van der Waals surface area contributed by atoms with E-state index in [1.54, 1.807) is 4.90 Å². The molecule has 1 aliphatic carbocycles. The molecule has 1 aliphatic heterocycles. The molecule has 2 aliphatic rings. The number of nitrogens with one attached hydrogen (secondary N) is 1. The molecule has 1 aromatic carbocycles. The Balaban J connectivity index is 1.55. The normalized spacial score (nSPS) is 19.9. The predicted molar refractivity (Wildman–Crippen MR) is 138 cm³/mol. The van der Waals surface area contributed by atoms with Crippen molar-refractivity contribution in [1.82, 2.24) is 20.0 Å². The van der Waals surface area contributed by atoms with Crippen LogP contribution in [-0.4, -0.2) is 63.3 Å². The number of carboxylic acid groups (broad SMARTS) is 1. The molecule has 220 valence electrons. The maximum atomic E-state index is 13.8. The van der Waals surface area contributed by atoms with Gasteiger partial charge in [-0.25, -0.2) is 8.78 Å². The van der Waals surface area contributed by atoms with Gasteiger partial charge in [0.1, 0.15) is 0 Å². The number of nitrogens with zero attached hydrogens (tertiary/aromatic N) is 3. The first-order valence-corrected chi connectivity index (χ1v) is 13.8. The molecule has 7 nitrogen and oxygen atoms in total. The van der Waals surface area contributed by atoms with Crippen LogP contribution in [0.4, 0.5) is 22.0 Å². The van der Waals surface area contributed by atoms with Crippen LogP contribution >= 0.6 is 0 Å². The average Bonchev–Trinajstić information content (AvgIpc) is 3.57. The molecule has 0 spiro atoms. The van der Waals surface area contributed by atoms with Crippen molar-refractivity contribution in [2.24, 2.45) is 5.92 Å². The van der Waals surface area contributed by atoms with Crippen LogP contribution in [0.3, 0.4) is 0 Å². The second kappa shape index (κ2) is 12.2. The van der Waals surface area contributed by atoms with E-state index in [1.165, 1.54) is 35.9 Å². The lowest BCUT2D eigenvalue weighted by Crippen LogP contribution is -2.45. The molecular formula is C28H35F5N4O3. The van der Waals surface area contributed by atoms with Crippen LogP contribution in [0.25, 0.3) is 11.3 Å². The van der Waals surface area contributed by atoms with Crippen molar-refractivity contribution in [2.75, 3.05) is 19.6 Å². The maximum absolute atomic E-state index is 13.8. The number of rotatable bonds is 10. The third-order valence-electron chi connectivity index (χ3n) is 7.92. The summed E-state index contributed by atoms with van der Waals surface area (Å²) in [5.74, 6) is -5.55. The fraction of sp³-hybridized carbons (Fsp3) is 0.607. The van der Waals surface area contributed by atoms with Crippen LogP contribution in [0, 0.1) is 5.92 Å². The molecule has 2 heterocycles. The summed E-state index contributed by atoms with van der Waals surface area (Å²) in [4.78, 5) is 26.7. The van der Waals surface area contributed by atoms with Gasteiger partial charge in [0, 0.05) is 18.0 Å². The van der Waals surface area contributed by atoms with E-state index >= 15 is 0 Å². The van der Waals surface area contributed by atoms with E-state index < -0.39 is 41.5 Å². The molecule has 0 radical (unpaired) electrons. The summed E-state index contributed by atoms with van der Waals surface area (Å²) in [7, 11) is 0. The van der Waals surface area contributed by atoms with Crippen molar-refractivity contribution in [3.63, 3.8) is 0 Å². The van der Waals surface area contributed by atoms with Crippen LogP contribution in [0.2, 0.25) is 0 Å². The van der Waals surface area contributed by atoms with Crippen LogP contribution in [0.5, 0.6) is 0 Å². The maximum Gasteiger partial charge on any atom is 0.417 e. The minimum absolute atomic E-state index is 0.0813. The van der Waals surface area contributed by atoms with Gasteiger partial charge in [0.25, 0.3) is 11.8 Å². The van der Waals surface area contributed by atoms with Gasteiger partial charge in [-0.05, 0) is 64.3 Å². The summed E-state index contributed by atoms with van der Waals surface area (Å²) >= 11 is 0. The molecule has 1 unspecified atom stereocenters. The molecule has 1 aromatic heterocycles. The Kier molecular flexibility index (Phi) is 9.16. The van der Waals surface area contributed by atoms with Crippen molar-refractivity contribution in [3.05, 3.63) is 41.6 Å². The van der Waals surface area contributed by atoms with Crippen molar-refractivity contribution >= 4 is 11.9 Å². The Labute approximate surface area is 229 Å². The van der Waals surface area contributed by atoms with Crippen LogP contribution in [0.15, 0.2) is 30.3 Å². The van der Waals surface area contributed by atoms with E-state index in [4.69, 9.17) is 0 Å². The third-order valence-corrected chi connectivity index (χ3v) is 7.92. The number of aliphatic carboxylic acids is 1. The van der Waals surface area contributed by atoms with Gasteiger partial charge >= 0.3 is 12.1 Å². The van der Waals surface area contributed by atoms with Crippen LogP contribution in [0.1, 0.15) is 80.4 Å². The Morgan fingerprint density at radius 2 is 1.88 bits per heavy atom. The molecule has 1 saturated carbocycles. The number of likely N-dealkylation sites (tertiary alicyclic amines) is 1. The van der Waals surface area contributed by atoms with Crippen LogP contribution < -0.4 is 5.32 Å². The highest BCUT2D eigenvalue weighted by Crippen LogP contribution is 2.40. The molecule has 2 aromatic rings. The van der Waals surface area contributed by atoms with Gasteiger partial charge in [0.2, 0.25) is 0 Å². The van der Waals surface area contributed by atoms with Crippen LogP contribution in [-0.2, 0) is 11.0 Å². The quantitative estimate of drug-likeness (QED) is 0.342. The summed E-state index contributed by atoms with van der Waals surface area (Å²) < 4.78 is 70.5. The third kappa shape index (κ3) is 7.18. The second-order valence-electron chi connectivity index (χ2n) is 10.9. The van der Waals surface area contributed by atoms with E-state index in [0.717, 1.165) is 31.7 Å². The van der Waals surface area contributed by atoms with Gasteiger partial charge in [0.15, 0.2) is 5.69 Å². The van der Waals surface area contributed by atoms with Crippen molar-refractivity contribution < 1.29 is 36.6 Å². The molecule has 2 atom stereocenters. The van der Waals surface area contributed by atoms with E-state index in [0.29, 0.717) is 25.9 Å². The fourth-order valence-corrected chi connectivity index (χ4v) is 5.72. The number of carbonyl (C=O) groups excluding carboxylic acids is 1. The Morgan fingerprint density at radius 3 is 2.52 bits per heavy atom. The number of aromatic nitrogens is 2. The number of amides is 1. The highest BCUT2D eigenvalue weighted by atomic mass is 19.4. The molecular weight excluding hydrogens is 535 g/mol. The number of piperidine rings is 1. The summed E-state index contributed by atoms with van der Waals surface area (Å²) in [5.41, 5.74) is -0.833. The van der Waals surface area contributed by atoms with Gasteiger partial charge in [-0.1, -0.05) is 31.0 Å². The topological polar surface area (TPSA) is 87.5 Å². The summed E-state index contributed by atoms with van der Waals surface area (Å²) in [6.45, 7) is 1.97. The standard InChI is InChI=1S/C28H35F5N4O3/c1-18(26(39)40)22(12-6-14-36-15-7-13-27(29,30)17-36)34-25(38)23-16-24(37(35-23)19-8-2-3-9-19)20-10-4-5-11-21(20)28(31,32)33/h4-5,10-11,16,18-19,22H,2-3,6-9,12-15,17H2,1H3,(H,34,38)(H,39,40)/t18?,22-/m0/s1. The van der Waals surface area contributed by atoms with E-state index in [9.17, 15) is 36.6 Å². The van der Waals surface area contributed by atoms with Crippen molar-refractivity contribution in [1.29, 1.82) is 0 Å². The number of carboxylic acids is 1. The largest absolute Gasteiger partial charge is 0.481 e. The molecule has 2 fully saturated rings. The summed E-state index contributed by atoms with van der Waals surface area (Å²) in [6, 6.07) is 5.50. The molecule has 12 heteroatoms. The second-order valence-corrected chi connectivity index (χ2v) is 10.9. The van der Waals surface area contributed by atoms with E-state index in [-0.39, 0.29) is 42.4 Å². The highest BCUT2D eigenvalue weighted by Gasteiger charge is 2.37. The van der Waals surface area contributed by atoms with Gasteiger partial charge in [-0.15, -0.1) is 0 Å². The number of hydrogen-bond donors (Lipinski definition) is 2. The fourth-order valence-electron chi connectivity index (χ4n) is 5.72. The molecule has 2 N–H and O–H groups in total. The van der Waals surface area contributed by atoms with E-state index in [1.807, 2.05) is 0 Å². The summed E-state index contributed by atoms with van der Waals surface area (Å²) in [6.07, 6.45) is -0.529. The number of benzene rings is 1. The number of halogens is 5. The van der Waals surface area contributed by atoms with Gasteiger partial charge < -0.3 is 10.4 Å². The number of alkyl halides is 5. The lowest BCUT2D eigenvalue weighted by Gasteiger charge is -2.32. The lowest BCUT2D eigenvalue weighted by atomic mass is 9.96. The SMILES string of the molecule is CC(C(=O)O)[C@H](CCCN1CCCC(F)(F)C1)NC(=O)c1cc(-c2ccccc2C(F)(F)F)n(C2CCCC2)n1. The minimum Gasteiger partial charge on any atom is -0.481 e. The zero-order chi connectivity index (χ0) is 29.1. The number of carbonyl (C=O) groups is 2. The van der Waals surface area contributed by atoms with Crippen molar-refractivity contribution in [3.8, 4) is 11.3 Å². The van der Waals surface area contributed by atoms with E-state index in [2.05, 4.69) is 10.4 Å². The van der Waals surface area contributed by atoms with Gasteiger partial charge in [-0.3, -0.25) is 19.2 Å². The first kappa shape index (κ1) is 30.0. The van der Waals surface area contributed by atoms with Crippen molar-refractivity contribution in [2.45, 2.75) is 82.5 Å². The average molecular weight is 571 g/mol. The predicted octanol–water partition coefficient (Wildman–Crippen LogP) is 6.01. The first-order chi connectivity index (χ1) is 18.9. The smallest absolute Gasteiger partial charge is 0.417 e. The first-order valence-electron chi connectivity index (χ1n) is 13.8. The number of hydrogen-bond acceptors (Lipinski definition) is 4. The molecule has 4 rings (SSSR count). The molecule has 1 amide bonds. The van der Waals surface area contributed by atoms with Gasteiger partial charge in [-0.2, -0.15) is 18.3 Å². The Bertz CT molecular complexity index is 1190. The monoisotopic (exact) mass is 570 g/mol. The Hall–Kier alpha value is -3.02. The zero-order valence-electron chi connectivity index (χ0n) is 22.4. The van der Waals surface area contributed by atoms with Gasteiger partial charge in [0.05, 0.1) is 29.8 Å². The summed E-state index contributed by atoms with van der Waals surface area (Å²) in [5, 5.41) is 16.7. The molecule has 40 heavy (non-hydrogen) atoms. The highest BCUT2D eigenvalue weighted by molar-refractivity contribution is 5.94. The lowest BCUT2D eigenvalue weighted by molar-refractivity contribution is -0.142. The Morgan fingerprint density at radius 1 is 1.18 bits per heavy atom. The zero-order valence-corrected chi connectivity index (χ0v) is 22.4. The minimum atomic E-state index is -4.61.